The number of allylic oxidation sites excluding steroid dienone is 1. The number of aryl methyl sites for hydroxylation is 1. The first-order valence-electron chi connectivity index (χ1n) is 5.95. The molecular formula is C13H19N2NaO2SSi. The maximum atomic E-state index is 11.8. The van der Waals surface area contributed by atoms with Gasteiger partial charge < -0.3 is 9.93 Å². The maximum Gasteiger partial charge on any atom is 1.00 e. The Morgan fingerprint density at radius 1 is 1.15 bits per heavy atom. The van der Waals surface area contributed by atoms with Gasteiger partial charge in [0, 0.05) is 6.21 Å². The Morgan fingerprint density at radius 2 is 1.70 bits per heavy atom. The number of rotatable bonds is 5. The van der Waals surface area contributed by atoms with Gasteiger partial charge in [-0.05, 0) is 19.1 Å². The zero-order valence-electron chi connectivity index (χ0n) is 12.7. The molecule has 0 atom stereocenters. The van der Waals surface area contributed by atoms with Crippen molar-refractivity contribution in [2.24, 2.45) is 5.10 Å². The Kier molecular flexibility index (Phi) is 7.98. The van der Waals surface area contributed by atoms with E-state index in [1.807, 2.05) is 6.92 Å². The third kappa shape index (κ3) is 7.40. The van der Waals surface area contributed by atoms with E-state index in [4.69, 9.17) is 0 Å². The Labute approximate surface area is 144 Å². The molecule has 0 N–H and O–H groups in total. The summed E-state index contributed by atoms with van der Waals surface area (Å²) in [5.74, 6) is 0. The van der Waals surface area contributed by atoms with Crippen molar-refractivity contribution < 1.29 is 38.0 Å². The van der Waals surface area contributed by atoms with E-state index in [-0.39, 0.29) is 34.5 Å². The first-order chi connectivity index (χ1) is 8.71. The zero-order valence-corrected chi connectivity index (χ0v) is 16.5. The minimum atomic E-state index is -3.69. The van der Waals surface area contributed by atoms with E-state index in [2.05, 4.69) is 35.3 Å². The fourth-order valence-electron chi connectivity index (χ4n) is 1.22. The fraction of sp³-hybridized carbons (Fsp3) is 0.308. The van der Waals surface area contributed by atoms with Crippen LogP contribution in [0.25, 0.3) is 4.83 Å². The van der Waals surface area contributed by atoms with Crippen molar-refractivity contribution in [3.05, 3.63) is 46.4 Å². The Balaban J connectivity index is 0.00000361. The van der Waals surface area contributed by atoms with Crippen molar-refractivity contribution in [1.29, 1.82) is 0 Å². The zero-order chi connectivity index (χ0) is 14.5. The molecule has 0 spiro atoms. The predicted molar refractivity (Wildman–Crippen MR) is 82.7 cm³/mol. The topological polar surface area (TPSA) is 60.6 Å². The standard InChI is InChI=1S/C13H19N2O2SSi.Na/c1-12-6-8-13(9-7-12)18(16,17)15-14-10-5-11-19(2,3)4;/h5-11H,1-4H3;/q-1;+1/b11-5+,14-10+;. The molecule has 4 nitrogen and oxygen atoms in total. The summed E-state index contributed by atoms with van der Waals surface area (Å²) in [6, 6.07) is 6.53. The average Bonchev–Trinajstić information content (AvgIpc) is 2.27. The second kappa shape index (κ2) is 8.14. The summed E-state index contributed by atoms with van der Waals surface area (Å²) < 4.78 is 23.6. The summed E-state index contributed by atoms with van der Waals surface area (Å²) in [6.45, 7) is 8.43. The normalized spacial score (nSPS) is 12.6. The van der Waals surface area contributed by atoms with Gasteiger partial charge in [-0.25, -0.2) is 8.42 Å². The maximum absolute atomic E-state index is 11.8. The van der Waals surface area contributed by atoms with Gasteiger partial charge in [-0.1, -0.05) is 49.1 Å². The predicted octanol–water partition coefficient (Wildman–Crippen LogP) is 0.481. The van der Waals surface area contributed by atoms with Crippen LogP contribution in [0.2, 0.25) is 19.6 Å². The first kappa shape index (κ1) is 19.6. The van der Waals surface area contributed by atoms with Crippen molar-refractivity contribution in [2.75, 3.05) is 0 Å². The molecular weight excluding hydrogens is 299 g/mol. The van der Waals surface area contributed by atoms with Crippen LogP contribution >= 0.6 is 0 Å². The van der Waals surface area contributed by atoms with E-state index < -0.39 is 18.1 Å². The third-order valence-corrected chi connectivity index (χ3v) is 4.59. The van der Waals surface area contributed by atoms with Crippen molar-refractivity contribution in [2.45, 2.75) is 31.5 Å². The van der Waals surface area contributed by atoms with Gasteiger partial charge in [0.2, 0.25) is 0 Å². The van der Waals surface area contributed by atoms with Gasteiger partial charge in [-0.2, -0.15) is 0 Å². The van der Waals surface area contributed by atoms with E-state index in [9.17, 15) is 8.42 Å². The fourth-order valence-corrected chi connectivity index (χ4v) is 2.63. The molecule has 7 heteroatoms. The van der Waals surface area contributed by atoms with E-state index in [0.29, 0.717) is 0 Å². The summed E-state index contributed by atoms with van der Waals surface area (Å²) in [7, 11) is -4.97. The second-order valence-corrected chi connectivity index (χ2v) is 12.0. The van der Waals surface area contributed by atoms with Crippen molar-refractivity contribution >= 4 is 24.3 Å². The molecule has 0 fully saturated rings. The SMILES string of the molecule is Cc1ccc(S(=O)(=O)[N-]/N=C/C=C/[Si](C)(C)C)cc1.[Na+]. The van der Waals surface area contributed by atoms with Gasteiger partial charge in [0.25, 0.3) is 0 Å². The van der Waals surface area contributed by atoms with Crippen LogP contribution in [-0.2, 0) is 10.0 Å². The molecule has 0 saturated carbocycles. The molecule has 1 aromatic rings. The molecule has 0 unspecified atom stereocenters. The molecule has 0 aromatic heterocycles. The molecule has 0 aliphatic carbocycles. The van der Waals surface area contributed by atoms with Crippen molar-refractivity contribution in [3.8, 4) is 0 Å². The second-order valence-electron chi connectivity index (χ2n) is 5.36. The van der Waals surface area contributed by atoms with Crippen LogP contribution in [0.4, 0.5) is 0 Å². The molecule has 0 radical (unpaired) electrons. The molecule has 1 rings (SSSR count). The third-order valence-electron chi connectivity index (χ3n) is 2.22. The number of hydrogen-bond donors (Lipinski definition) is 0. The van der Waals surface area contributed by atoms with Crippen LogP contribution in [-0.4, -0.2) is 22.7 Å². The van der Waals surface area contributed by atoms with Gasteiger partial charge in [-0.3, -0.25) is 0 Å². The van der Waals surface area contributed by atoms with Crippen LogP contribution in [0.3, 0.4) is 0 Å². The minimum absolute atomic E-state index is 0. The summed E-state index contributed by atoms with van der Waals surface area (Å²) >= 11 is 0. The van der Waals surface area contributed by atoms with Gasteiger partial charge in [0.1, 0.15) is 10.0 Å². The van der Waals surface area contributed by atoms with Crippen LogP contribution in [0.15, 0.2) is 46.0 Å². The van der Waals surface area contributed by atoms with Crippen molar-refractivity contribution in [1.82, 2.24) is 0 Å². The quantitative estimate of drug-likeness (QED) is 0.450. The van der Waals surface area contributed by atoms with Crippen LogP contribution in [0, 0.1) is 6.92 Å². The number of sulfonamides is 1. The van der Waals surface area contributed by atoms with E-state index in [0.717, 1.165) is 5.56 Å². The molecule has 20 heavy (non-hydrogen) atoms. The Bertz CT molecular complexity index is 575. The molecule has 104 valence electrons. The summed E-state index contributed by atoms with van der Waals surface area (Å²) in [5, 5.41) is 3.59. The summed E-state index contributed by atoms with van der Waals surface area (Å²) in [6.07, 6.45) is 3.16. The molecule has 1 aromatic carbocycles. The van der Waals surface area contributed by atoms with E-state index in [1.165, 1.54) is 18.3 Å². The molecule has 0 heterocycles. The summed E-state index contributed by atoms with van der Waals surface area (Å²) in [5.41, 5.74) is 3.06. The molecule has 0 aliphatic heterocycles. The van der Waals surface area contributed by atoms with E-state index >= 15 is 0 Å². The molecule has 0 amide bonds. The van der Waals surface area contributed by atoms with Gasteiger partial charge in [-0.15, -0.1) is 0 Å². The monoisotopic (exact) mass is 318 g/mol. The molecule has 0 aliphatic rings. The number of hydrogen-bond acceptors (Lipinski definition) is 3. The Morgan fingerprint density at radius 3 is 2.20 bits per heavy atom. The average molecular weight is 318 g/mol. The minimum Gasteiger partial charge on any atom is -0.491 e. The Hall–Kier alpha value is -0.403. The smallest absolute Gasteiger partial charge is 0.491 e. The molecule has 0 saturated heterocycles. The van der Waals surface area contributed by atoms with Crippen molar-refractivity contribution in [3.63, 3.8) is 0 Å². The first-order valence-corrected chi connectivity index (χ1v) is 11.0. The van der Waals surface area contributed by atoms with Gasteiger partial charge in [0.05, 0.1) is 13.0 Å². The molecule has 0 bridgehead atoms. The van der Waals surface area contributed by atoms with Crippen LogP contribution in [0.1, 0.15) is 5.56 Å². The van der Waals surface area contributed by atoms with Gasteiger partial charge >= 0.3 is 29.6 Å². The number of nitrogens with zero attached hydrogens (tertiary/aromatic N) is 2. The summed E-state index contributed by atoms with van der Waals surface area (Å²) in [4.78, 5) is 3.54. The van der Waals surface area contributed by atoms with Crippen LogP contribution < -0.4 is 29.6 Å². The number of benzene rings is 1. The van der Waals surface area contributed by atoms with Gasteiger partial charge in [0.15, 0.2) is 0 Å². The van der Waals surface area contributed by atoms with Crippen LogP contribution in [0.5, 0.6) is 0 Å². The largest absolute Gasteiger partial charge is 1.00 e. The van der Waals surface area contributed by atoms with E-state index in [1.54, 1.807) is 18.2 Å².